The molecule has 2 rings (SSSR count). The fourth-order valence-corrected chi connectivity index (χ4v) is 3.95. The van der Waals surface area contributed by atoms with Gasteiger partial charge in [0.15, 0.2) is 0 Å². The monoisotopic (exact) mass is 315 g/mol. The number of sulfonamides is 1. The van der Waals surface area contributed by atoms with E-state index in [1.807, 2.05) is 0 Å². The summed E-state index contributed by atoms with van der Waals surface area (Å²) >= 11 is 0. The Labute approximate surface area is 123 Å². The summed E-state index contributed by atoms with van der Waals surface area (Å²) in [5.74, 6) is -1.44. The molecule has 0 aromatic heterocycles. The van der Waals surface area contributed by atoms with E-state index in [0.29, 0.717) is 19.4 Å². The lowest BCUT2D eigenvalue weighted by molar-refractivity contribution is -0.149. The van der Waals surface area contributed by atoms with E-state index in [4.69, 9.17) is 4.74 Å². The first-order valence-corrected chi connectivity index (χ1v) is 8.31. The standard InChI is InChI=1S/C14H18FNO4S/c1-2-20-14(17)11-5-4-8-16(10-11)21(18,19)13-7-3-6-12(15)9-13/h3,6-7,9,11H,2,4-5,8,10H2,1H3. The van der Waals surface area contributed by atoms with Crippen LogP contribution in [0.5, 0.6) is 0 Å². The zero-order valence-electron chi connectivity index (χ0n) is 11.8. The smallest absolute Gasteiger partial charge is 0.310 e. The zero-order valence-corrected chi connectivity index (χ0v) is 12.6. The molecule has 21 heavy (non-hydrogen) atoms. The quantitative estimate of drug-likeness (QED) is 0.795. The van der Waals surface area contributed by atoms with E-state index in [1.165, 1.54) is 22.5 Å². The molecule has 0 aliphatic carbocycles. The van der Waals surface area contributed by atoms with Gasteiger partial charge in [0.25, 0.3) is 0 Å². The molecule has 116 valence electrons. The van der Waals surface area contributed by atoms with Gasteiger partial charge < -0.3 is 4.74 Å². The molecule has 1 aliphatic rings. The van der Waals surface area contributed by atoms with E-state index >= 15 is 0 Å². The lowest BCUT2D eigenvalue weighted by Crippen LogP contribution is -2.42. The van der Waals surface area contributed by atoms with Gasteiger partial charge in [-0.15, -0.1) is 0 Å². The highest BCUT2D eigenvalue weighted by Gasteiger charge is 2.34. The highest BCUT2D eigenvalue weighted by Crippen LogP contribution is 2.24. The van der Waals surface area contributed by atoms with Crippen molar-refractivity contribution in [3.05, 3.63) is 30.1 Å². The zero-order chi connectivity index (χ0) is 15.5. The van der Waals surface area contributed by atoms with Crippen molar-refractivity contribution in [2.75, 3.05) is 19.7 Å². The van der Waals surface area contributed by atoms with Gasteiger partial charge in [-0.25, -0.2) is 12.8 Å². The summed E-state index contributed by atoms with van der Waals surface area (Å²) in [5, 5.41) is 0. The minimum Gasteiger partial charge on any atom is -0.466 e. The van der Waals surface area contributed by atoms with Crippen LogP contribution in [0.1, 0.15) is 19.8 Å². The number of carbonyl (C=O) groups is 1. The van der Waals surface area contributed by atoms with Gasteiger partial charge in [-0.2, -0.15) is 4.31 Å². The molecule has 0 saturated carbocycles. The predicted octanol–water partition coefficient (Wildman–Crippen LogP) is 1.79. The van der Waals surface area contributed by atoms with Crippen molar-refractivity contribution < 1.29 is 22.3 Å². The number of carbonyl (C=O) groups excluding carboxylic acids is 1. The Morgan fingerprint density at radius 1 is 1.48 bits per heavy atom. The second-order valence-electron chi connectivity index (χ2n) is 4.91. The average molecular weight is 315 g/mol. The lowest BCUT2D eigenvalue weighted by atomic mass is 10.0. The Morgan fingerprint density at radius 2 is 2.24 bits per heavy atom. The average Bonchev–Trinajstić information content (AvgIpc) is 2.47. The van der Waals surface area contributed by atoms with Crippen molar-refractivity contribution in [2.45, 2.75) is 24.7 Å². The highest BCUT2D eigenvalue weighted by molar-refractivity contribution is 7.89. The molecule has 7 heteroatoms. The normalized spacial score (nSPS) is 20.2. The van der Waals surface area contributed by atoms with E-state index in [2.05, 4.69) is 0 Å². The van der Waals surface area contributed by atoms with Crippen LogP contribution >= 0.6 is 0 Å². The maximum absolute atomic E-state index is 13.2. The van der Waals surface area contributed by atoms with E-state index in [9.17, 15) is 17.6 Å². The largest absolute Gasteiger partial charge is 0.466 e. The van der Waals surface area contributed by atoms with Crippen molar-refractivity contribution in [2.24, 2.45) is 5.92 Å². The van der Waals surface area contributed by atoms with Crippen molar-refractivity contribution in [3.63, 3.8) is 0 Å². The second kappa shape index (κ2) is 6.53. The van der Waals surface area contributed by atoms with E-state index < -0.39 is 21.8 Å². The topological polar surface area (TPSA) is 63.7 Å². The number of hydrogen-bond donors (Lipinski definition) is 0. The summed E-state index contributed by atoms with van der Waals surface area (Å²) in [4.78, 5) is 11.7. The van der Waals surface area contributed by atoms with Crippen molar-refractivity contribution in [3.8, 4) is 0 Å². The first kappa shape index (κ1) is 15.9. The van der Waals surface area contributed by atoms with Crippen LogP contribution in [0.2, 0.25) is 0 Å². The number of esters is 1. The maximum Gasteiger partial charge on any atom is 0.310 e. The fraction of sp³-hybridized carbons (Fsp3) is 0.500. The van der Waals surface area contributed by atoms with Gasteiger partial charge in [0, 0.05) is 13.1 Å². The first-order chi connectivity index (χ1) is 9.95. The van der Waals surface area contributed by atoms with Gasteiger partial charge in [0.05, 0.1) is 17.4 Å². The molecular weight excluding hydrogens is 297 g/mol. The van der Waals surface area contributed by atoms with Crippen LogP contribution in [0, 0.1) is 11.7 Å². The third-order valence-electron chi connectivity index (χ3n) is 3.44. The number of ether oxygens (including phenoxy) is 1. The Hall–Kier alpha value is -1.47. The van der Waals surface area contributed by atoms with E-state index in [1.54, 1.807) is 6.92 Å². The minimum atomic E-state index is -3.78. The second-order valence-corrected chi connectivity index (χ2v) is 6.85. The molecule has 1 aromatic carbocycles. The number of nitrogens with zero attached hydrogens (tertiary/aromatic N) is 1. The molecule has 1 unspecified atom stereocenters. The lowest BCUT2D eigenvalue weighted by Gasteiger charge is -2.30. The van der Waals surface area contributed by atoms with Crippen molar-refractivity contribution >= 4 is 16.0 Å². The first-order valence-electron chi connectivity index (χ1n) is 6.87. The summed E-state index contributed by atoms with van der Waals surface area (Å²) in [5.41, 5.74) is 0. The minimum absolute atomic E-state index is 0.0810. The molecule has 1 aromatic rings. The van der Waals surface area contributed by atoms with Crippen LogP contribution in [-0.4, -0.2) is 38.4 Å². The molecule has 1 aliphatic heterocycles. The van der Waals surface area contributed by atoms with Crippen LogP contribution in [0.3, 0.4) is 0 Å². The predicted molar refractivity (Wildman–Crippen MR) is 74.5 cm³/mol. The van der Waals surface area contributed by atoms with Gasteiger partial charge in [0.1, 0.15) is 5.82 Å². The Morgan fingerprint density at radius 3 is 2.90 bits per heavy atom. The van der Waals surface area contributed by atoms with Crippen molar-refractivity contribution in [1.82, 2.24) is 4.31 Å². The van der Waals surface area contributed by atoms with Gasteiger partial charge in [-0.3, -0.25) is 4.79 Å². The number of rotatable bonds is 4. The van der Waals surface area contributed by atoms with Crippen LogP contribution in [-0.2, 0) is 19.6 Å². The summed E-state index contributed by atoms with van der Waals surface area (Å²) in [6, 6.07) is 4.89. The van der Waals surface area contributed by atoms with Crippen LogP contribution < -0.4 is 0 Å². The molecule has 5 nitrogen and oxygen atoms in total. The SMILES string of the molecule is CCOC(=O)C1CCCN(S(=O)(=O)c2cccc(F)c2)C1. The summed E-state index contributed by atoms with van der Waals surface area (Å²) in [6.45, 7) is 2.39. The maximum atomic E-state index is 13.2. The molecule has 1 saturated heterocycles. The van der Waals surface area contributed by atoms with Gasteiger partial charge in [-0.1, -0.05) is 6.07 Å². The molecular formula is C14H18FNO4S. The number of piperidine rings is 1. The molecule has 0 radical (unpaired) electrons. The summed E-state index contributed by atoms with van der Waals surface area (Å²) in [7, 11) is -3.78. The van der Waals surface area contributed by atoms with Crippen LogP contribution in [0.15, 0.2) is 29.2 Å². The molecule has 0 bridgehead atoms. The van der Waals surface area contributed by atoms with E-state index in [0.717, 1.165) is 6.07 Å². The van der Waals surface area contributed by atoms with E-state index in [-0.39, 0.29) is 24.0 Å². The third kappa shape index (κ3) is 3.59. The Kier molecular flexibility index (Phi) is 4.95. The van der Waals surface area contributed by atoms with Gasteiger partial charge in [-0.05, 0) is 38.0 Å². The molecule has 1 heterocycles. The van der Waals surface area contributed by atoms with Gasteiger partial charge >= 0.3 is 5.97 Å². The fourth-order valence-electron chi connectivity index (χ4n) is 2.39. The highest BCUT2D eigenvalue weighted by atomic mass is 32.2. The summed E-state index contributed by atoms with van der Waals surface area (Å²) in [6.07, 6.45) is 1.19. The molecule has 0 spiro atoms. The molecule has 0 amide bonds. The third-order valence-corrected chi connectivity index (χ3v) is 5.30. The molecule has 1 atom stereocenters. The number of hydrogen-bond acceptors (Lipinski definition) is 4. The van der Waals surface area contributed by atoms with Gasteiger partial charge in [0.2, 0.25) is 10.0 Å². The summed E-state index contributed by atoms with van der Waals surface area (Å²) < 4.78 is 44.3. The molecule has 0 N–H and O–H groups in total. The van der Waals surface area contributed by atoms with Crippen molar-refractivity contribution in [1.29, 1.82) is 0 Å². The number of benzene rings is 1. The Balaban J connectivity index is 2.18. The van der Waals surface area contributed by atoms with Crippen LogP contribution in [0.25, 0.3) is 0 Å². The molecule has 1 fully saturated rings. The Bertz CT molecular complexity index is 617. The van der Waals surface area contributed by atoms with Crippen LogP contribution in [0.4, 0.5) is 4.39 Å². The number of halogens is 1.